The van der Waals surface area contributed by atoms with E-state index in [1.54, 1.807) is 0 Å². The summed E-state index contributed by atoms with van der Waals surface area (Å²) in [5, 5.41) is 0. The summed E-state index contributed by atoms with van der Waals surface area (Å²) in [7, 11) is 0. The van der Waals surface area contributed by atoms with Gasteiger partial charge < -0.3 is 0 Å². The van der Waals surface area contributed by atoms with Crippen LogP contribution >= 0.6 is 11.9 Å². The Morgan fingerprint density at radius 2 is 2.57 bits per heavy atom. The molecule has 0 heterocycles. The molecule has 0 fully saturated rings. The molecule has 0 aliphatic heterocycles. The Morgan fingerprint density at radius 3 is 3.00 bits per heavy atom. The van der Waals surface area contributed by atoms with E-state index in [0.29, 0.717) is 0 Å². The van der Waals surface area contributed by atoms with Gasteiger partial charge in [0.2, 0.25) is 0 Å². The summed E-state index contributed by atoms with van der Waals surface area (Å²) in [6.45, 7) is 5.25. The fraction of sp³-hybridized carbons (Fsp3) is 0.500. The molecule has 0 aromatic rings. The molecule has 0 amide bonds. The number of hydrogen-bond donors (Lipinski definition) is 0. The van der Waals surface area contributed by atoms with E-state index in [1.165, 1.54) is 18.3 Å². The summed E-state index contributed by atoms with van der Waals surface area (Å²) in [6, 6.07) is 0. The van der Waals surface area contributed by atoms with Crippen LogP contribution in [0.4, 0.5) is 0 Å². The van der Waals surface area contributed by atoms with Gasteiger partial charge in [-0.15, -0.1) is 0 Å². The zero-order valence-corrected chi connectivity index (χ0v) is 5.11. The highest BCUT2D eigenvalue weighted by molar-refractivity contribution is 7.98. The lowest BCUT2D eigenvalue weighted by Gasteiger charge is -1.77. The molecule has 0 atom stereocenters. The van der Waals surface area contributed by atoms with Crippen molar-refractivity contribution in [2.45, 2.75) is 6.92 Å². The van der Waals surface area contributed by atoms with E-state index in [0.717, 1.165) is 5.75 Å². The molecule has 0 aromatic carbocycles. The van der Waals surface area contributed by atoms with Crippen LogP contribution in [0.5, 0.6) is 0 Å². The van der Waals surface area contributed by atoms with Gasteiger partial charge in [0.1, 0.15) is 6.34 Å². The van der Waals surface area contributed by atoms with Gasteiger partial charge in [-0.2, -0.15) is 0 Å². The van der Waals surface area contributed by atoms with Crippen molar-refractivity contribution in [2.24, 2.45) is 9.39 Å². The van der Waals surface area contributed by atoms with Gasteiger partial charge in [0, 0.05) is 5.75 Å². The minimum atomic E-state index is 0.992. The summed E-state index contributed by atoms with van der Waals surface area (Å²) in [6.07, 6.45) is 1.44. The third-order valence-electron chi connectivity index (χ3n) is 0.332. The average Bonchev–Trinajstić information content (AvgIpc) is 1.69. The van der Waals surface area contributed by atoms with Crippen LogP contribution in [0.1, 0.15) is 6.92 Å². The number of nitrogens with zero attached hydrogens (tertiary/aromatic N) is 2. The van der Waals surface area contributed by atoms with Crippen LogP contribution in [0.3, 0.4) is 0 Å². The van der Waals surface area contributed by atoms with Gasteiger partial charge in [-0.3, -0.25) is 4.99 Å². The van der Waals surface area contributed by atoms with Crippen molar-refractivity contribution in [1.82, 2.24) is 0 Å². The summed E-state index contributed by atoms with van der Waals surface area (Å²) in [4.78, 5) is 3.41. The average molecular weight is 116 g/mol. The Hall–Kier alpha value is -0.310. The highest BCUT2D eigenvalue weighted by Gasteiger charge is 1.67. The van der Waals surface area contributed by atoms with Gasteiger partial charge in [-0.05, 0) is 18.7 Å². The van der Waals surface area contributed by atoms with Gasteiger partial charge in [0.15, 0.2) is 0 Å². The number of rotatable bonds is 3. The zero-order valence-electron chi connectivity index (χ0n) is 4.29. The van der Waals surface area contributed by atoms with Crippen LogP contribution in [0.2, 0.25) is 0 Å². The first-order valence-corrected chi connectivity index (χ1v) is 2.95. The second-order valence-corrected chi connectivity index (χ2v) is 1.87. The van der Waals surface area contributed by atoms with Crippen molar-refractivity contribution in [1.29, 1.82) is 0 Å². The van der Waals surface area contributed by atoms with E-state index >= 15 is 0 Å². The second kappa shape index (κ2) is 5.69. The van der Waals surface area contributed by atoms with Crippen LogP contribution in [0.25, 0.3) is 0 Å². The van der Waals surface area contributed by atoms with Gasteiger partial charge in [0.25, 0.3) is 0 Å². The Bertz CT molecular complexity index is 70.1. The maximum absolute atomic E-state index is 3.77. The monoisotopic (exact) mass is 116 g/mol. The molecule has 0 unspecified atom stereocenters. The molecule has 0 aliphatic carbocycles. The molecule has 0 N–H and O–H groups in total. The van der Waals surface area contributed by atoms with Crippen molar-refractivity contribution in [3.05, 3.63) is 0 Å². The second-order valence-electron chi connectivity index (χ2n) is 0.821. The molecule has 0 bridgehead atoms. The van der Waals surface area contributed by atoms with E-state index < -0.39 is 0 Å². The summed E-state index contributed by atoms with van der Waals surface area (Å²) >= 11 is 1.47. The van der Waals surface area contributed by atoms with Crippen LogP contribution < -0.4 is 0 Å². The van der Waals surface area contributed by atoms with Crippen LogP contribution in [-0.4, -0.2) is 18.8 Å². The molecule has 3 heteroatoms. The fourth-order valence-electron chi connectivity index (χ4n) is 0.141. The quantitative estimate of drug-likeness (QED) is 0.310. The highest BCUT2D eigenvalue weighted by atomic mass is 32.2. The first-order chi connectivity index (χ1) is 3.41. The molecule has 0 radical (unpaired) electrons. The van der Waals surface area contributed by atoms with E-state index in [4.69, 9.17) is 0 Å². The first kappa shape index (κ1) is 6.69. The Morgan fingerprint density at radius 1 is 1.86 bits per heavy atom. The van der Waals surface area contributed by atoms with Crippen LogP contribution in [-0.2, 0) is 0 Å². The zero-order chi connectivity index (χ0) is 5.54. The number of hydrogen-bond acceptors (Lipinski definition) is 2. The van der Waals surface area contributed by atoms with Crippen LogP contribution in [0.15, 0.2) is 9.39 Å². The van der Waals surface area contributed by atoms with Crippen molar-refractivity contribution in [3.8, 4) is 0 Å². The summed E-state index contributed by atoms with van der Waals surface area (Å²) in [5.41, 5.74) is 0. The molecule has 0 aromatic heterocycles. The molecule has 0 saturated heterocycles. The van der Waals surface area contributed by atoms with Gasteiger partial charge in [0.05, 0.1) is 0 Å². The predicted octanol–water partition coefficient (Wildman–Crippen LogP) is 1.38. The first-order valence-electron chi connectivity index (χ1n) is 2.01. The molecular weight excluding hydrogens is 108 g/mol. The van der Waals surface area contributed by atoms with Crippen LogP contribution in [0, 0.1) is 0 Å². The molecule has 0 saturated carbocycles. The normalized spacial score (nSPS) is 9.86. The highest BCUT2D eigenvalue weighted by Crippen LogP contribution is 1.96. The van der Waals surface area contributed by atoms with E-state index in [9.17, 15) is 0 Å². The van der Waals surface area contributed by atoms with Crippen molar-refractivity contribution >= 4 is 25.0 Å². The molecular formula is C4H8N2S. The number of aliphatic imine (C=N–C) groups is 1. The molecule has 0 rings (SSSR count). The van der Waals surface area contributed by atoms with E-state index in [1.807, 2.05) is 6.92 Å². The van der Waals surface area contributed by atoms with Gasteiger partial charge >= 0.3 is 0 Å². The summed E-state index contributed by atoms with van der Waals surface area (Å²) < 4.78 is 3.77. The molecule has 2 nitrogen and oxygen atoms in total. The lowest BCUT2D eigenvalue weighted by atomic mass is 11.0. The van der Waals surface area contributed by atoms with Gasteiger partial charge in [-0.25, -0.2) is 4.40 Å². The van der Waals surface area contributed by atoms with Crippen molar-refractivity contribution in [3.63, 3.8) is 0 Å². The van der Waals surface area contributed by atoms with E-state index in [2.05, 4.69) is 16.1 Å². The SMILES string of the molecule is C=NC=NSCC. The molecule has 0 aliphatic rings. The van der Waals surface area contributed by atoms with Crippen molar-refractivity contribution in [2.75, 3.05) is 5.75 Å². The fourth-order valence-corrected chi connectivity index (χ4v) is 0.424. The van der Waals surface area contributed by atoms with E-state index in [-0.39, 0.29) is 0 Å². The molecule has 7 heavy (non-hydrogen) atoms. The third-order valence-corrected chi connectivity index (χ3v) is 0.834. The lowest BCUT2D eigenvalue weighted by Crippen LogP contribution is -1.60. The minimum Gasteiger partial charge on any atom is -0.252 e. The Kier molecular flexibility index (Phi) is 5.44. The van der Waals surface area contributed by atoms with Crippen molar-refractivity contribution < 1.29 is 0 Å². The third kappa shape index (κ3) is 5.69. The summed E-state index contributed by atoms with van der Waals surface area (Å²) in [5.74, 6) is 0.992. The maximum atomic E-state index is 3.77. The topological polar surface area (TPSA) is 24.7 Å². The van der Waals surface area contributed by atoms with Gasteiger partial charge in [-0.1, -0.05) is 6.92 Å². The smallest absolute Gasteiger partial charge is 0.122 e. The predicted molar refractivity (Wildman–Crippen MR) is 36.2 cm³/mol. The molecule has 0 spiro atoms. The maximum Gasteiger partial charge on any atom is 0.122 e. The standard InChI is InChI=1S/C4H8N2S/c1-3-7-6-4-5-2/h4H,2-3H2,1H3. The molecule has 40 valence electrons. The lowest BCUT2D eigenvalue weighted by molar-refractivity contribution is 1.52. The minimum absolute atomic E-state index is 0.992. The largest absolute Gasteiger partial charge is 0.252 e. The Balaban J connectivity index is 2.92. The Labute approximate surface area is 47.9 Å².